The second kappa shape index (κ2) is 2.91. The van der Waals surface area contributed by atoms with Crippen LogP contribution in [0.2, 0.25) is 0 Å². The zero-order valence-electron chi connectivity index (χ0n) is 7.52. The Balaban J connectivity index is 2.54. The second-order valence-corrected chi connectivity index (χ2v) is 4.00. The van der Waals surface area contributed by atoms with Gasteiger partial charge in [-0.15, -0.1) is 0 Å². The van der Waals surface area contributed by atoms with Crippen molar-refractivity contribution in [3.63, 3.8) is 0 Å². The SMILES string of the molecule is CC(C)[C@@H]1[C@H](C)NC[C@@H]1C. The minimum Gasteiger partial charge on any atom is -0.314 e. The predicted molar refractivity (Wildman–Crippen MR) is 45.0 cm³/mol. The Morgan fingerprint density at radius 1 is 1.30 bits per heavy atom. The Morgan fingerprint density at radius 2 is 1.90 bits per heavy atom. The average Bonchev–Trinajstić information content (AvgIpc) is 2.11. The van der Waals surface area contributed by atoms with Crippen LogP contribution in [-0.2, 0) is 0 Å². The van der Waals surface area contributed by atoms with Crippen molar-refractivity contribution < 1.29 is 0 Å². The third-order valence-corrected chi connectivity index (χ3v) is 2.77. The number of hydrogen-bond donors (Lipinski definition) is 1. The van der Waals surface area contributed by atoms with Gasteiger partial charge in [0.2, 0.25) is 0 Å². The molecule has 0 saturated carbocycles. The Kier molecular flexibility index (Phi) is 2.35. The highest BCUT2D eigenvalue weighted by molar-refractivity contribution is 4.86. The van der Waals surface area contributed by atoms with E-state index in [0.29, 0.717) is 0 Å². The zero-order chi connectivity index (χ0) is 7.72. The summed E-state index contributed by atoms with van der Waals surface area (Å²) < 4.78 is 0. The fourth-order valence-corrected chi connectivity index (χ4v) is 2.37. The van der Waals surface area contributed by atoms with Crippen LogP contribution in [0.15, 0.2) is 0 Å². The Hall–Kier alpha value is -0.0400. The van der Waals surface area contributed by atoms with E-state index in [9.17, 15) is 0 Å². The molecule has 10 heavy (non-hydrogen) atoms. The molecule has 0 aromatic carbocycles. The maximum Gasteiger partial charge on any atom is 0.00725 e. The van der Waals surface area contributed by atoms with Crippen LogP contribution in [-0.4, -0.2) is 12.6 Å². The summed E-state index contributed by atoms with van der Waals surface area (Å²) in [6.07, 6.45) is 0. The van der Waals surface area contributed by atoms with Gasteiger partial charge >= 0.3 is 0 Å². The number of hydrogen-bond acceptors (Lipinski definition) is 1. The maximum absolute atomic E-state index is 3.50. The molecule has 0 amide bonds. The van der Waals surface area contributed by atoms with Crippen LogP contribution in [0, 0.1) is 17.8 Å². The molecule has 1 aliphatic rings. The molecule has 1 fully saturated rings. The summed E-state index contributed by atoms with van der Waals surface area (Å²) in [4.78, 5) is 0. The van der Waals surface area contributed by atoms with Gasteiger partial charge in [0, 0.05) is 6.04 Å². The van der Waals surface area contributed by atoms with Crippen molar-refractivity contribution in [2.75, 3.05) is 6.54 Å². The molecule has 3 atom stereocenters. The third-order valence-electron chi connectivity index (χ3n) is 2.77. The van der Waals surface area contributed by atoms with Crippen LogP contribution < -0.4 is 5.32 Å². The number of rotatable bonds is 1. The van der Waals surface area contributed by atoms with E-state index in [4.69, 9.17) is 0 Å². The van der Waals surface area contributed by atoms with Crippen LogP contribution in [0.4, 0.5) is 0 Å². The standard InChI is InChI=1S/C9H19N/c1-6(2)9-7(3)5-10-8(9)4/h6-10H,5H2,1-4H3/t7-,8-,9-/m0/s1. The highest BCUT2D eigenvalue weighted by atomic mass is 15.0. The van der Waals surface area contributed by atoms with E-state index in [-0.39, 0.29) is 0 Å². The van der Waals surface area contributed by atoms with Crippen LogP contribution in [0.3, 0.4) is 0 Å². The van der Waals surface area contributed by atoms with E-state index < -0.39 is 0 Å². The van der Waals surface area contributed by atoms with Gasteiger partial charge in [0.1, 0.15) is 0 Å². The van der Waals surface area contributed by atoms with Gasteiger partial charge in [-0.2, -0.15) is 0 Å². The summed E-state index contributed by atoms with van der Waals surface area (Å²) >= 11 is 0. The molecule has 0 aromatic rings. The van der Waals surface area contributed by atoms with Crippen LogP contribution in [0.5, 0.6) is 0 Å². The summed E-state index contributed by atoms with van der Waals surface area (Å²) in [5.74, 6) is 2.59. The summed E-state index contributed by atoms with van der Waals surface area (Å²) in [5, 5.41) is 3.50. The minimum atomic E-state index is 0.731. The van der Waals surface area contributed by atoms with Gasteiger partial charge in [-0.05, 0) is 31.2 Å². The Bertz CT molecular complexity index is 99.3. The maximum atomic E-state index is 3.50. The molecular formula is C9H19N. The lowest BCUT2D eigenvalue weighted by Gasteiger charge is -2.22. The largest absolute Gasteiger partial charge is 0.314 e. The van der Waals surface area contributed by atoms with Gasteiger partial charge < -0.3 is 5.32 Å². The van der Waals surface area contributed by atoms with Gasteiger partial charge in [-0.3, -0.25) is 0 Å². The van der Waals surface area contributed by atoms with Crippen LogP contribution in [0.25, 0.3) is 0 Å². The van der Waals surface area contributed by atoms with Gasteiger partial charge in [0.25, 0.3) is 0 Å². The normalized spacial score (nSPS) is 41.1. The fraction of sp³-hybridized carbons (Fsp3) is 1.00. The zero-order valence-corrected chi connectivity index (χ0v) is 7.52. The van der Waals surface area contributed by atoms with Crippen molar-refractivity contribution in [1.82, 2.24) is 5.32 Å². The highest BCUT2D eigenvalue weighted by Crippen LogP contribution is 2.28. The van der Waals surface area contributed by atoms with Crippen LogP contribution >= 0.6 is 0 Å². The fourth-order valence-electron chi connectivity index (χ4n) is 2.37. The predicted octanol–water partition coefficient (Wildman–Crippen LogP) is 1.89. The van der Waals surface area contributed by atoms with Crippen molar-refractivity contribution in [3.8, 4) is 0 Å². The smallest absolute Gasteiger partial charge is 0.00725 e. The van der Waals surface area contributed by atoms with Gasteiger partial charge in [0.15, 0.2) is 0 Å². The molecule has 0 radical (unpaired) electrons. The first-order valence-corrected chi connectivity index (χ1v) is 4.36. The lowest BCUT2D eigenvalue weighted by Crippen LogP contribution is -2.26. The molecule has 1 nitrogen and oxygen atoms in total. The summed E-state index contributed by atoms with van der Waals surface area (Å²) in [7, 11) is 0. The molecule has 0 bridgehead atoms. The first-order valence-electron chi connectivity index (χ1n) is 4.36. The molecule has 1 saturated heterocycles. The first-order chi connectivity index (χ1) is 4.63. The molecule has 60 valence electrons. The molecule has 0 spiro atoms. The topological polar surface area (TPSA) is 12.0 Å². The average molecular weight is 141 g/mol. The van der Waals surface area contributed by atoms with Gasteiger partial charge in [0.05, 0.1) is 0 Å². The van der Waals surface area contributed by atoms with Crippen molar-refractivity contribution in [2.24, 2.45) is 17.8 Å². The van der Waals surface area contributed by atoms with E-state index in [1.807, 2.05) is 0 Å². The lowest BCUT2D eigenvalue weighted by atomic mass is 9.83. The van der Waals surface area contributed by atoms with Crippen molar-refractivity contribution in [3.05, 3.63) is 0 Å². The molecule has 1 heteroatoms. The van der Waals surface area contributed by atoms with E-state index in [0.717, 1.165) is 23.8 Å². The molecule has 1 N–H and O–H groups in total. The number of nitrogens with one attached hydrogen (secondary N) is 1. The van der Waals surface area contributed by atoms with Gasteiger partial charge in [-0.25, -0.2) is 0 Å². The molecule has 1 heterocycles. The van der Waals surface area contributed by atoms with E-state index >= 15 is 0 Å². The third kappa shape index (κ3) is 1.34. The molecular weight excluding hydrogens is 122 g/mol. The van der Waals surface area contributed by atoms with Crippen LogP contribution in [0.1, 0.15) is 27.7 Å². The summed E-state index contributed by atoms with van der Waals surface area (Å²) in [5.41, 5.74) is 0. The van der Waals surface area contributed by atoms with E-state index in [1.165, 1.54) is 6.54 Å². The van der Waals surface area contributed by atoms with Crippen molar-refractivity contribution >= 4 is 0 Å². The second-order valence-electron chi connectivity index (χ2n) is 4.00. The Morgan fingerprint density at radius 3 is 2.10 bits per heavy atom. The molecule has 0 aliphatic carbocycles. The minimum absolute atomic E-state index is 0.731. The molecule has 0 unspecified atom stereocenters. The van der Waals surface area contributed by atoms with E-state index in [2.05, 4.69) is 33.0 Å². The molecule has 1 aliphatic heterocycles. The first kappa shape index (κ1) is 8.06. The Labute approximate surface area is 64.2 Å². The summed E-state index contributed by atoms with van der Waals surface area (Å²) in [6.45, 7) is 10.5. The van der Waals surface area contributed by atoms with Crippen molar-refractivity contribution in [1.29, 1.82) is 0 Å². The molecule has 0 aromatic heterocycles. The lowest BCUT2D eigenvalue weighted by molar-refractivity contribution is 0.296. The van der Waals surface area contributed by atoms with Crippen molar-refractivity contribution in [2.45, 2.75) is 33.7 Å². The van der Waals surface area contributed by atoms with Gasteiger partial charge in [-0.1, -0.05) is 20.8 Å². The highest BCUT2D eigenvalue weighted by Gasteiger charge is 2.31. The summed E-state index contributed by atoms with van der Waals surface area (Å²) in [6, 6.07) is 0.731. The quantitative estimate of drug-likeness (QED) is 0.588. The molecule has 1 rings (SSSR count). The monoisotopic (exact) mass is 141 g/mol. The van der Waals surface area contributed by atoms with E-state index in [1.54, 1.807) is 0 Å².